The van der Waals surface area contributed by atoms with E-state index in [1.807, 2.05) is 6.07 Å². The van der Waals surface area contributed by atoms with Gasteiger partial charge in [0.1, 0.15) is 15.7 Å². The molecular weight excluding hydrogens is 290 g/mol. The fourth-order valence-electron chi connectivity index (χ4n) is 2.14. The van der Waals surface area contributed by atoms with E-state index in [0.29, 0.717) is 11.0 Å². The SMILES string of the molecule is CCc1cc2c(Cl)nc(-c3ncccc3CC)nc2s1. The molecule has 3 aromatic rings. The quantitative estimate of drug-likeness (QED) is 0.667. The zero-order valence-corrected chi connectivity index (χ0v) is 12.9. The van der Waals surface area contributed by atoms with E-state index >= 15 is 0 Å². The highest BCUT2D eigenvalue weighted by molar-refractivity contribution is 7.18. The lowest BCUT2D eigenvalue weighted by molar-refractivity contribution is 1.08. The number of nitrogens with zero attached hydrogens (tertiary/aromatic N) is 3. The van der Waals surface area contributed by atoms with Crippen molar-refractivity contribution in [2.24, 2.45) is 0 Å². The molecule has 3 aromatic heterocycles. The Morgan fingerprint density at radius 2 is 2.05 bits per heavy atom. The van der Waals surface area contributed by atoms with Crippen LogP contribution in [0, 0.1) is 0 Å². The lowest BCUT2D eigenvalue weighted by Gasteiger charge is -2.05. The Kier molecular flexibility index (Phi) is 3.68. The van der Waals surface area contributed by atoms with Gasteiger partial charge in [-0.1, -0.05) is 31.5 Å². The molecule has 102 valence electrons. The summed E-state index contributed by atoms with van der Waals surface area (Å²) in [6, 6.07) is 6.06. The topological polar surface area (TPSA) is 38.7 Å². The molecule has 0 saturated heterocycles. The highest BCUT2D eigenvalue weighted by Gasteiger charge is 2.13. The minimum absolute atomic E-state index is 0.508. The summed E-state index contributed by atoms with van der Waals surface area (Å²) in [5.74, 6) is 0.615. The maximum atomic E-state index is 6.31. The van der Waals surface area contributed by atoms with E-state index in [1.54, 1.807) is 17.5 Å². The fourth-order valence-corrected chi connectivity index (χ4v) is 3.39. The summed E-state index contributed by atoms with van der Waals surface area (Å²) in [7, 11) is 0. The molecule has 3 rings (SSSR count). The van der Waals surface area contributed by atoms with Gasteiger partial charge in [-0.05, 0) is 30.5 Å². The van der Waals surface area contributed by atoms with E-state index in [1.165, 1.54) is 4.88 Å². The van der Waals surface area contributed by atoms with Crippen LogP contribution in [0.5, 0.6) is 0 Å². The Morgan fingerprint density at radius 1 is 1.20 bits per heavy atom. The molecule has 0 atom stereocenters. The lowest BCUT2D eigenvalue weighted by atomic mass is 10.1. The summed E-state index contributed by atoms with van der Waals surface area (Å²) in [5.41, 5.74) is 1.96. The first-order valence-electron chi connectivity index (χ1n) is 6.63. The molecule has 3 nitrogen and oxygen atoms in total. The first kappa shape index (κ1) is 13.5. The van der Waals surface area contributed by atoms with Gasteiger partial charge in [0.15, 0.2) is 5.82 Å². The predicted molar refractivity (Wildman–Crippen MR) is 84.4 cm³/mol. The third kappa shape index (κ3) is 2.30. The van der Waals surface area contributed by atoms with Gasteiger partial charge in [-0.25, -0.2) is 9.97 Å². The van der Waals surface area contributed by atoms with Crippen molar-refractivity contribution in [3.63, 3.8) is 0 Å². The van der Waals surface area contributed by atoms with E-state index in [4.69, 9.17) is 11.6 Å². The zero-order valence-electron chi connectivity index (χ0n) is 11.4. The van der Waals surface area contributed by atoms with E-state index < -0.39 is 0 Å². The molecular formula is C15H14ClN3S. The van der Waals surface area contributed by atoms with Gasteiger partial charge < -0.3 is 0 Å². The molecule has 0 aliphatic rings. The molecule has 0 spiro atoms. The van der Waals surface area contributed by atoms with Gasteiger partial charge in [-0.3, -0.25) is 4.98 Å². The van der Waals surface area contributed by atoms with E-state index in [9.17, 15) is 0 Å². The van der Waals surface area contributed by atoms with Crippen LogP contribution < -0.4 is 0 Å². The van der Waals surface area contributed by atoms with Crippen LogP contribution in [-0.2, 0) is 12.8 Å². The molecule has 3 heterocycles. The van der Waals surface area contributed by atoms with E-state index in [0.717, 1.165) is 34.3 Å². The molecule has 20 heavy (non-hydrogen) atoms. The molecule has 0 saturated carbocycles. The van der Waals surface area contributed by atoms with Crippen LogP contribution in [0.2, 0.25) is 5.15 Å². The number of aromatic nitrogens is 3. The van der Waals surface area contributed by atoms with Crippen LogP contribution in [0.3, 0.4) is 0 Å². The van der Waals surface area contributed by atoms with Crippen LogP contribution in [0.15, 0.2) is 24.4 Å². The molecule has 0 unspecified atom stereocenters. The van der Waals surface area contributed by atoms with Crippen LogP contribution >= 0.6 is 22.9 Å². The van der Waals surface area contributed by atoms with Crippen molar-refractivity contribution in [1.29, 1.82) is 0 Å². The summed E-state index contributed by atoms with van der Waals surface area (Å²) >= 11 is 7.98. The van der Waals surface area contributed by atoms with Crippen LogP contribution in [0.25, 0.3) is 21.7 Å². The number of rotatable bonds is 3. The molecule has 0 bridgehead atoms. The van der Waals surface area contributed by atoms with Gasteiger partial charge in [0, 0.05) is 16.5 Å². The largest absolute Gasteiger partial charge is 0.253 e. The Morgan fingerprint density at radius 3 is 2.80 bits per heavy atom. The van der Waals surface area contributed by atoms with Crippen LogP contribution in [0.4, 0.5) is 0 Å². The van der Waals surface area contributed by atoms with Gasteiger partial charge in [-0.15, -0.1) is 11.3 Å². The number of hydrogen-bond acceptors (Lipinski definition) is 4. The molecule has 0 radical (unpaired) electrons. The number of halogens is 1. The van der Waals surface area contributed by atoms with Crippen molar-refractivity contribution in [2.45, 2.75) is 26.7 Å². The summed E-state index contributed by atoms with van der Waals surface area (Å²) in [6.07, 6.45) is 3.64. The van der Waals surface area contributed by atoms with E-state index in [2.05, 4.69) is 40.9 Å². The van der Waals surface area contributed by atoms with Crippen LogP contribution in [-0.4, -0.2) is 15.0 Å². The summed E-state index contributed by atoms with van der Waals surface area (Å²) in [5, 5.41) is 1.44. The third-order valence-corrected chi connectivity index (χ3v) is 4.69. The number of fused-ring (bicyclic) bond motifs is 1. The summed E-state index contributed by atoms with van der Waals surface area (Å²) in [4.78, 5) is 15.7. The molecule has 0 amide bonds. The van der Waals surface area contributed by atoms with Gasteiger partial charge in [0.25, 0.3) is 0 Å². The average Bonchev–Trinajstić information content (AvgIpc) is 2.91. The van der Waals surface area contributed by atoms with Crippen molar-refractivity contribution in [3.8, 4) is 11.5 Å². The van der Waals surface area contributed by atoms with Crippen LogP contribution in [0.1, 0.15) is 24.3 Å². The van der Waals surface area contributed by atoms with Gasteiger partial charge in [0.05, 0.1) is 0 Å². The number of thiophene rings is 1. The smallest absolute Gasteiger partial charge is 0.181 e. The second-order valence-electron chi connectivity index (χ2n) is 4.49. The Bertz CT molecular complexity index is 767. The fraction of sp³-hybridized carbons (Fsp3) is 0.267. The Balaban J connectivity index is 2.21. The summed E-state index contributed by atoms with van der Waals surface area (Å²) < 4.78 is 0. The molecule has 0 fully saturated rings. The Labute approximate surface area is 126 Å². The minimum atomic E-state index is 0.508. The first-order chi connectivity index (χ1) is 9.72. The number of pyridine rings is 1. The second-order valence-corrected chi connectivity index (χ2v) is 5.96. The minimum Gasteiger partial charge on any atom is -0.253 e. The normalized spacial score (nSPS) is 11.2. The lowest BCUT2D eigenvalue weighted by Crippen LogP contribution is -1.96. The van der Waals surface area contributed by atoms with Crippen molar-refractivity contribution in [3.05, 3.63) is 40.0 Å². The van der Waals surface area contributed by atoms with Crippen molar-refractivity contribution in [2.75, 3.05) is 0 Å². The molecule has 0 aliphatic heterocycles. The number of hydrogen-bond donors (Lipinski definition) is 0. The average molecular weight is 304 g/mol. The van der Waals surface area contributed by atoms with Gasteiger partial charge in [-0.2, -0.15) is 0 Å². The van der Waals surface area contributed by atoms with E-state index in [-0.39, 0.29) is 0 Å². The highest BCUT2D eigenvalue weighted by Crippen LogP contribution is 2.31. The molecule has 0 N–H and O–H groups in total. The van der Waals surface area contributed by atoms with Gasteiger partial charge in [0.2, 0.25) is 0 Å². The van der Waals surface area contributed by atoms with Gasteiger partial charge >= 0.3 is 0 Å². The monoisotopic (exact) mass is 303 g/mol. The molecule has 0 aromatic carbocycles. The predicted octanol–water partition coefficient (Wildman–Crippen LogP) is 4.53. The first-order valence-corrected chi connectivity index (χ1v) is 7.82. The third-order valence-electron chi connectivity index (χ3n) is 3.23. The molecule has 5 heteroatoms. The van der Waals surface area contributed by atoms with Crippen molar-refractivity contribution >= 4 is 33.2 Å². The second kappa shape index (κ2) is 5.46. The molecule has 0 aliphatic carbocycles. The number of aryl methyl sites for hydroxylation is 2. The maximum absolute atomic E-state index is 6.31. The van der Waals surface area contributed by atoms with Crippen molar-refractivity contribution in [1.82, 2.24) is 15.0 Å². The summed E-state index contributed by atoms with van der Waals surface area (Å²) in [6.45, 7) is 4.22. The Hall–Kier alpha value is -1.52. The standard InChI is InChI=1S/C15H14ClN3S/c1-3-9-6-5-7-17-12(9)14-18-13(16)11-8-10(4-2)20-15(11)19-14/h5-8H,3-4H2,1-2H3. The van der Waals surface area contributed by atoms with Crippen molar-refractivity contribution < 1.29 is 0 Å². The maximum Gasteiger partial charge on any atom is 0.181 e. The highest BCUT2D eigenvalue weighted by atomic mass is 35.5. The zero-order chi connectivity index (χ0) is 14.1.